The summed E-state index contributed by atoms with van der Waals surface area (Å²) in [5.41, 5.74) is 0. The molecule has 1 atom stereocenters. The van der Waals surface area contributed by atoms with Crippen LogP contribution in [-0.2, 0) is 16.6 Å². The fraction of sp³-hybridized carbons (Fsp3) is 0.444. The first-order valence-corrected chi connectivity index (χ1v) is 10.2. The normalized spacial score (nSPS) is 18.6. The van der Waals surface area contributed by atoms with E-state index in [1.54, 1.807) is 49.8 Å². The zero-order valence-corrected chi connectivity index (χ0v) is 15.7. The fourth-order valence-electron chi connectivity index (χ4n) is 3.14. The van der Waals surface area contributed by atoms with Gasteiger partial charge in [0.25, 0.3) is 0 Å². The molecular weight excluding hydrogens is 352 g/mol. The molecule has 1 aromatic heterocycles. The van der Waals surface area contributed by atoms with Gasteiger partial charge in [-0.25, -0.2) is 23.1 Å². The number of ether oxygens (including phenoxy) is 1. The first-order valence-electron chi connectivity index (χ1n) is 8.69. The van der Waals surface area contributed by atoms with Gasteiger partial charge in [-0.1, -0.05) is 0 Å². The summed E-state index contributed by atoms with van der Waals surface area (Å²) in [5.74, 6) is 1.71. The zero-order valence-electron chi connectivity index (χ0n) is 14.8. The van der Waals surface area contributed by atoms with Crippen LogP contribution in [-0.4, -0.2) is 50.0 Å². The monoisotopic (exact) mass is 376 g/mol. The maximum Gasteiger partial charge on any atom is 0.240 e. The van der Waals surface area contributed by atoms with E-state index in [1.807, 2.05) is 0 Å². The predicted molar refractivity (Wildman–Crippen MR) is 98.2 cm³/mol. The lowest BCUT2D eigenvalue weighted by atomic mass is 9.98. The van der Waals surface area contributed by atoms with Gasteiger partial charge in [-0.05, 0) is 55.6 Å². The maximum absolute atomic E-state index is 12.5. The fourth-order valence-corrected chi connectivity index (χ4v) is 4.26. The van der Waals surface area contributed by atoms with E-state index in [0.29, 0.717) is 18.8 Å². The molecule has 140 valence electrons. The summed E-state index contributed by atoms with van der Waals surface area (Å²) in [7, 11) is -1.96. The van der Waals surface area contributed by atoms with Crippen molar-refractivity contribution in [2.45, 2.75) is 24.3 Å². The third kappa shape index (κ3) is 5.00. The second-order valence-corrected chi connectivity index (χ2v) is 8.20. The number of hydrogen-bond acceptors (Lipinski definition) is 6. The number of piperidine rings is 1. The van der Waals surface area contributed by atoms with E-state index in [4.69, 9.17) is 4.74 Å². The van der Waals surface area contributed by atoms with E-state index < -0.39 is 10.0 Å². The van der Waals surface area contributed by atoms with Crippen molar-refractivity contribution in [3.63, 3.8) is 0 Å². The van der Waals surface area contributed by atoms with Gasteiger partial charge in [-0.3, -0.25) is 4.90 Å². The summed E-state index contributed by atoms with van der Waals surface area (Å²) in [6.45, 7) is 2.95. The largest absolute Gasteiger partial charge is 0.497 e. The average molecular weight is 376 g/mol. The molecule has 26 heavy (non-hydrogen) atoms. The molecule has 0 bridgehead atoms. The van der Waals surface area contributed by atoms with Gasteiger partial charge < -0.3 is 4.74 Å². The number of sulfonamides is 1. The van der Waals surface area contributed by atoms with E-state index in [2.05, 4.69) is 19.6 Å². The maximum atomic E-state index is 12.5. The molecule has 2 heterocycles. The Balaban J connectivity index is 1.54. The summed E-state index contributed by atoms with van der Waals surface area (Å²) in [4.78, 5) is 11.1. The van der Waals surface area contributed by atoms with Crippen molar-refractivity contribution >= 4 is 10.0 Å². The molecule has 1 fully saturated rings. The highest BCUT2D eigenvalue weighted by molar-refractivity contribution is 7.89. The van der Waals surface area contributed by atoms with Crippen LogP contribution in [0.2, 0.25) is 0 Å². The quantitative estimate of drug-likeness (QED) is 0.791. The van der Waals surface area contributed by atoms with Crippen molar-refractivity contribution in [1.82, 2.24) is 19.6 Å². The van der Waals surface area contributed by atoms with E-state index >= 15 is 0 Å². The zero-order chi connectivity index (χ0) is 18.4. The average Bonchev–Trinajstić information content (AvgIpc) is 2.68. The molecule has 1 aliphatic heterocycles. The second kappa shape index (κ2) is 8.57. The van der Waals surface area contributed by atoms with Crippen molar-refractivity contribution in [2.75, 3.05) is 26.7 Å². The van der Waals surface area contributed by atoms with Gasteiger partial charge in [0.05, 0.1) is 18.6 Å². The van der Waals surface area contributed by atoms with E-state index in [9.17, 15) is 8.42 Å². The standard InChI is InChI=1S/C18H24N4O3S/c1-25-16-5-7-17(8-6-16)26(23,24)21-12-15-4-2-11-22(13-15)14-18-19-9-3-10-20-18/h3,5-10,15,21H,2,4,11-14H2,1H3/t15-/m0/s1. The number of likely N-dealkylation sites (tertiary alicyclic amines) is 1. The van der Waals surface area contributed by atoms with Crippen molar-refractivity contribution in [3.8, 4) is 5.75 Å². The van der Waals surface area contributed by atoms with Gasteiger partial charge in [0, 0.05) is 25.5 Å². The molecule has 0 saturated carbocycles. The van der Waals surface area contributed by atoms with Crippen molar-refractivity contribution in [1.29, 1.82) is 0 Å². The van der Waals surface area contributed by atoms with Crippen LogP contribution in [0.25, 0.3) is 0 Å². The number of nitrogens with one attached hydrogen (secondary N) is 1. The Morgan fingerprint density at radius 1 is 1.23 bits per heavy atom. The molecule has 0 spiro atoms. The van der Waals surface area contributed by atoms with Crippen LogP contribution in [0.5, 0.6) is 5.75 Å². The van der Waals surface area contributed by atoms with E-state index in [1.165, 1.54) is 0 Å². The molecule has 2 aromatic rings. The molecule has 0 unspecified atom stereocenters. The number of aromatic nitrogens is 2. The SMILES string of the molecule is COc1ccc(S(=O)(=O)NC[C@@H]2CCCN(Cc3ncccn3)C2)cc1. The summed E-state index contributed by atoms with van der Waals surface area (Å²) in [6.07, 6.45) is 5.54. The minimum absolute atomic E-state index is 0.253. The minimum Gasteiger partial charge on any atom is -0.497 e. The Bertz CT molecular complexity index is 797. The number of benzene rings is 1. The number of methoxy groups -OCH3 is 1. The molecular formula is C18H24N4O3S. The molecule has 7 nitrogen and oxygen atoms in total. The van der Waals surface area contributed by atoms with Gasteiger partial charge in [0.1, 0.15) is 11.6 Å². The first-order chi connectivity index (χ1) is 12.6. The molecule has 0 aliphatic carbocycles. The topological polar surface area (TPSA) is 84.4 Å². The minimum atomic E-state index is -3.51. The van der Waals surface area contributed by atoms with Gasteiger partial charge in [0.15, 0.2) is 0 Å². The third-order valence-electron chi connectivity index (χ3n) is 4.52. The summed E-state index contributed by atoms with van der Waals surface area (Å²) < 4.78 is 32.7. The predicted octanol–water partition coefficient (Wildman–Crippen LogP) is 1.68. The van der Waals surface area contributed by atoms with Crippen LogP contribution in [0.4, 0.5) is 0 Å². The number of hydrogen-bond donors (Lipinski definition) is 1. The molecule has 1 aliphatic rings. The molecule has 1 N–H and O–H groups in total. The van der Waals surface area contributed by atoms with Gasteiger partial charge in [0.2, 0.25) is 10.0 Å². The lowest BCUT2D eigenvalue weighted by Crippen LogP contribution is -2.40. The van der Waals surface area contributed by atoms with Gasteiger partial charge >= 0.3 is 0 Å². The molecule has 8 heteroatoms. The first kappa shape index (κ1) is 18.8. The van der Waals surface area contributed by atoms with E-state index in [-0.39, 0.29) is 10.8 Å². The van der Waals surface area contributed by atoms with Gasteiger partial charge in [-0.15, -0.1) is 0 Å². The lowest BCUT2D eigenvalue weighted by Gasteiger charge is -2.32. The molecule has 1 saturated heterocycles. The Labute approximate surface area is 154 Å². The highest BCUT2D eigenvalue weighted by atomic mass is 32.2. The Kier molecular flexibility index (Phi) is 6.18. The number of rotatable bonds is 7. The van der Waals surface area contributed by atoms with Crippen LogP contribution < -0.4 is 9.46 Å². The second-order valence-electron chi connectivity index (χ2n) is 6.44. The highest BCUT2D eigenvalue weighted by Gasteiger charge is 2.23. The van der Waals surface area contributed by atoms with Gasteiger partial charge in [-0.2, -0.15) is 0 Å². The van der Waals surface area contributed by atoms with Crippen molar-refractivity contribution in [2.24, 2.45) is 5.92 Å². The Morgan fingerprint density at radius 3 is 2.65 bits per heavy atom. The molecule has 0 radical (unpaired) electrons. The van der Waals surface area contributed by atoms with Crippen LogP contribution in [0.1, 0.15) is 18.7 Å². The summed E-state index contributed by atoms with van der Waals surface area (Å²) >= 11 is 0. The van der Waals surface area contributed by atoms with Crippen molar-refractivity contribution < 1.29 is 13.2 Å². The van der Waals surface area contributed by atoms with Crippen LogP contribution >= 0.6 is 0 Å². The number of nitrogens with zero attached hydrogens (tertiary/aromatic N) is 3. The van der Waals surface area contributed by atoms with Crippen molar-refractivity contribution in [3.05, 3.63) is 48.5 Å². The Hall–Kier alpha value is -2.03. The Morgan fingerprint density at radius 2 is 1.96 bits per heavy atom. The molecule has 0 amide bonds. The van der Waals surface area contributed by atoms with E-state index in [0.717, 1.165) is 31.8 Å². The highest BCUT2D eigenvalue weighted by Crippen LogP contribution is 2.19. The molecule has 1 aromatic carbocycles. The van der Waals surface area contributed by atoms with Crippen LogP contribution in [0, 0.1) is 5.92 Å². The van der Waals surface area contributed by atoms with Crippen LogP contribution in [0.3, 0.4) is 0 Å². The molecule has 3 rings (SSSR count). The lowest BCUT2D eigenvalue weighted by molar-refractivity contribution is 0.165. The summed E-state index contributed by atoms with van der Waals surface area (Å²) in [5, 5.41) is 0. The van der Waals surface area contributed by atoms with Crippen LogP contribution in [0.15, 0.2) is 47.6 Å². The smallest absolute Gasteiger partial charge is 0.240 e. The third-order valence-corrected chi connectivity index (χ3v) is 5.96. The summed E-state index contributed by atoms with van der Waals surface area (Å²) in [6, 6.07) is 8.21.